The summed E-state index contributed by atoms with van der Waals surface area (Å²) in [5, 5.41) is 0. The van der Waals surface area contributed by atoms with Gasteiger partial charge >= 0.3 is 0 Å². The quantitative estimate of drug-likeness (QED) is 0.309. The highest BCUT2D eigenvalue weighted by Crippen LogP contribution is 2.48. The molecule has 0 aromatic carbocycles. The first kappa shape index (κ1) is 2.62. The van der Waals surface area contributed by atoms with Gasteiger partial charge in [0.1, 0.15) is 0 Å². The van der Waals surface area contributed by atoms with Crippen molar-refractivity contribution in [3.63, 3.8) is 0 Å². The minimum absolute atomic E-state index is 0.130. The van der Waals surface area contributed by atoms with Crippen LogP contribution in [0.2, 0.25) is 0 Å². The summed E-state index contributed by atoms with van der Waals surface area (Å²) in [6.45, 7) is 2.12. The van der Waals surface area contributed by atoms with Crippen LogP contribution in [-0.2, 0) is 4.52 Å². The molecule has 1 rings (SSSR count). The van der Waals surface area contributed by atoms with Crippen LogP contribution in [0.15, 0.2) is 0 Å². The molecule has 0 radical (unpaired) electrons. The summed E-state index contributed by atoms with van der Waals surface area (Å²) in [6, 6.07) is 0. The molecule has 0 saturated carbocycles. The average Bonchev–Trinajstić information content (AvgIpc) is 1.75. The van der Waals surface area contributed by atoms with E-state index in [1.165, 1.54) is 0 Å². The van der Waals surface area contributed by atoms with Crippen LogP contribution in [-0.4, -0.2) is 13.0 Å². The minimum Gasteiger partial charge on any atom is -0.350 e. The number of rotatable bonds is 0. The maximum Gasteiger partial charge on any atom is 0.0948 e. The molecule has 4 heavy (non-hydrogen) atoms. The summed E-state index contributed by atoms with van der Waals surface area (Å²) in [5.74, 6) is 0. The van der Waals surface area contributed by atoms with Crippen LogP contribution in [0.5, 0.6) is 0 Å². The van der Waals surface area contributed by atoms with Crippen LogP contribution in [0.1, 0.15) is 0 Å². The van der Waals surface area contributed by atoms with E-state index in [-0.39, 0.29) is 8.15 Å². The molecule has 1 unspecified atom stereocenters. The number of hydrogen-bond acceptors (Lipinski definition) is 1. The fourth-order valence-electron chi connectivity index (χ4n) is 0.0577. The minimum atomic E-state index is 0.130. The highest BCUT2D eigenvalue weighted by molar-refractivity contribution is 7.57. The van der Waals surface area contributed by atoms with E-state index in [0.717, 1.165) is 6.35 Å². The molecule has 1 atom stereocenters. The number of hydrogen-bond donors (Lipinski definition) is 0. The van der Waals surface area contributed by atoms with Gasteiger partial charge in [-0.05, 0) is 6.66 Å². The topological polar surface area (TPSA) is 12.5 Å². The summed E-state index contributed by atoms with van der Waals surface area (Å²) >= 11 is 0. The normalized spacial score (nSPS) is 39.8. The fourth-order valence-corrected chi connectivity index (χ4v) is 0.520. The Labute approximate surface area is 26.8 Å². The zero-order valence-corrected chi connectivity index (χ0v) is 3.46. The first-order valence-electron chi connectivity index (χ1n) is 1.23. The Hall–Kier alpha value is 0.390. The zero-order chi connectivity index (χ0) is 2.99. The Morgan fingerprint density at radius 3 is 2.25 bits per heavy atom. The Morgan fingerprint density at radius 1 is 2.00 bits per heavy atom. The summed E-state index contributed by atoms with van der Waals surface area (Å²) < 4.78 is 4.77. The highest BCUT2D eigenvalue weighted by atomic mass is 31.2. The van der Waals surface area contributed by atoms with Crippen molar-refractivity contribution in [2.75, 3.05) is 13.0 Å². The van der Waals surface area contributed by atoms with E-state index in [1.54, 1.807) is 0 Å². The molecule has 0 spiro atoms. The molecular weight excluding hydrogens is 71.0 g/mol. The molecule has 1 aliphatic rings. The van der Waals surface area contributed by atoms with E-state index in [9.17, 15) is 0 Å². The Morgan fingerprint density at radius 2 is 2.25 bits per heavy atom. The van der Waals surface area contributed by atoms with Gasteiger partial charge in [-0.3, -0.25) is 0 Å². The summed E-state index contributed by atoms with van der Waals surface area (Å²) in [7, 11) is 0.130. The molecule has 24 valence electrons. The molecule has 1 aliphatic heterocycles. The highest BCUT2D eigenvalue weighted by Gasteiger charge is 2.13. The Kier molecular flexibility index (Phi) is 0.436. The lowest BCUT2D eigenvalue weighted by molar-refractivity contribution is 0.572. The van der Waals surface area contributed by atoms with Gasteiger partial charge in [0.05, 0.1) is 14.5 Å². The predicted octanol–water partition coefficient (Wildman–Crippen LogP) is 1.00. The van der Waals surface area contributed by atoms with E-state index < -0.39 is 0 Å². The van der Waals surface area contributed by atoms with Crippen molar-refractivity contribution >= 4 is 8.15 Å². The summed E-state index contributed by atoms with van der Waals surface area (Å²) in [5.41, 5.74) is 0. The molecule has 0 bridgehead atoms. The predicted molar refractivity (Wildman–Crippen MR) is 18.8 cm³/mol. The van der Waals surface area contributed by atoms with Crippen LogP contribution < -0.4 is 0 Å². The second-order valence-electron chi connectivity index (χ2n) is 0.886. The van der Waals surface area contributed by atoms with E-state index >= 15 is 0 Å². The van der Waals surface area contributed by atoms with Gasteiger partial charge in [0.2, 0.25) is 0 Å². The molecule has 1 fully saturated rings. The van der Waals surface area contributed by atoms with Gasteiger partial charge < -0.3 is 4.52 Å². The second kappa shape index (κ2) is 0.667. The van der Waals surface area contributed by atoms with E-state index in [2.05, 4.69) is 6.66 Å². The van der Waals surface area contributed by atoms with Crippen LogP contribution in [0.4, 0.5) is 0 Å². The molecule has 2 heteroatoms. The van der Waals surface area contributed by atoms with Crippen LogP contribution in [0.3, 0.4) is 0 Å². The Balaban J connectivity index is 2.17. The monoisotopic (exact) mass is 76.0 g/mol. The maximum absolute atomic E-state index is 4.77. The van der Waals surface area contributed by atoms with Crippen molar-refractivity contribution in [2.45, 2.75) is 0 Å². The van der Waals surface area contributed by atoms with Gasteiger partial charge in [0.15, 0.2) is 0 Å². The zero-order valence-electron chi connectivity index (χ0n) is 2.56. The second-order valence-corrected chi connectivity index (χ2v) is 2.66. The molecule has 0 amide bonds. The third kappa shape index (κ3) is 0.402. The van der Waals surface area contributed by atoms with Crippen LogP contribution in [0, 0.1) is 0 Å². The lowest BCUT2D eigenvalue weighted by Gasteiger charge is -1.51. The van der Waals surface area contributed by atoms with E-state index in [4.69, 9.17) is 4.52 Å². The van der Waals surface area contributed by atoms with Gasteiger partial charge in [-0.1, -0.05) is 0 Å². The van der Waals surface area contributed by atoms with Gasteiger partial charge in [0.25, 0.3) is 0 Å². The molecule has 1 nitrogen and oxygen atoms in total. The van der Waals surface area contributed by atoms with Crippen molar-refractivity contribution in [3.05, 3.63) is 0 Å². The third-order valence-electron chi connectivity index (χ3n) is 0.387. The van der Waals surface area contributed by atoms with Crippen molar-refractivity contribution in [1.29, 1.82) is 0 Å². The van der Waals surface area contributed by atoms with Crippen molar-refractivity contribution in [3.8, 4) is 0 Å². The first-order chi connectivity index (χ1) is 1.89. The largest absolute Gasteiger partial charge is 0.350 e. The van der Waals surface area contributed by atoms with Crippen molar-refractivity contribution in [1.82, 2.24) is 0 Å². The maximum atomic E-state index is 4.77. The molecule has 0 aromatic heterocycles. The molecule has 1 saturated heterocycles. The molecule has 1 heterocycles. The van der Waals surface area contributed by atoms with Gasteiger partial charge in [-0.15, -0.1) is 0 Å². The third-order valence-corrected chi connectivity index (χ3v) is 1.16. The van der Waals surface area contributed by atoms with E-state index in [1.807, 2.05) is 0 Å². The van der Waals surface area contributed by atoms with Crippen molar-refractivity contribution in [2.24, 2.45) is 0 Å². The standard InChI is InChI=1S/C2H5OP/c1-4-2-3-4/h2H2,1H3. The smallest absolute Gasteiger partial charge is 0.0948 e. The lowest BCUT2D eigenvalue weighted by Crippen LogP contribution is -1.18. The summed E-state index contributed by atoms with van der Waals surface area (Å²) in [6.07, 6.45) is 1.05. The molecule has 0 N–H and O–H groups in total. The fraction of sp³-hybridized carbons (Fsp3) is 1.00. The SMILES string of the molecule is CP1CO1. The van der Waals surface area contributed by atoms with E-state index in [0.29, 0.717) is 0 Å². The first-order valence-corrected chi connectivity index (χ1v) is 3.13. The van der Waals surface area contributed by atoms with Gasteiger partial charge in [-0.2, -0.15) is 0 Å². The molecule has 0 aromatic rings. The Bertz CT molecular complexity index is 25.2. The summed E-state index contributed by atoms with van der Waals surface area (Å²) in [4.78, 5) is 0. The van der Waals surface area contributed by atoms with Crippen LogP contribution in [0.25, 0.3) is 0 Å². The molecule has 0 aliphatic carbocycles. The van der Waals surface area contributed by atoms with Gasteiger partial charge in [0, 0.05) is 0 Å². The van der Waals surface area contributed by atoms with Crippen molar-refractivity contribution < 1.29 is 4.52 Å². The lowest BCUT2D eigenvalue weighted by atomic mass is 11.7. The van der Waals surface area contributed by atoms with Gasteiger partial charge in [-0.25, -0.2) is 0 Å². The average molecular weight is 76.0 g/mol. The van der Waals surface area contributed by atoms with Crippen LogP contribution >= 0.6 is 8.15 Å². The molecular formula is C2H5OP.